The SMILES string of the molecule is O=C(Nc1cccc(F)c1)c1n[nH]c2c3c(ccc12)[N]N=C3. The fraction of sp³-hybridized carbons (Fsp3) is 0. The van der Waals surface area contributed by atoms with Crippen molar-refractivity contribution in [3.63, 3.8) is 0 Å². The van der Waals surface area contributed by atoms with Crippen LogP contribution in [0.4, 0.5) is 15.8 Å². The lowest BCUT2D eigenvalue weighted by atomic mass is 10.1. The minimum absolute atomic E-state index is 0.238. The van der Waals surface area contributed by atoms with E-state index in [0.29, 0.717) is 16.6 Å². The van der Waals surface area contributed by atoms with Crippen molar-refractivity contribution in [2.75, 3.05) is 5.32 Å². The number of aromatic amines is 1. The maximum absolute atomic E-state index is 13.2. The average Bonchev–Trinajstić information content (AvgIpc) is 3.13. The van der Waals surface area contributed by atoms with Gasteiger partial charge in [0.1, 0.15) is 5.82 Å². The van der Waals surface area contributed by atoms with Crippen LogP contribution in [-0.2, 0) is 0 Å². The number of rotatable bonds is 2. The van der Waals surface area contributed by atoms with Gasteiger partial charge in [-0.2, -0.15) is 15.6 Å². The molecule has 1 aromatic heterocycles. The smallest absolute Gasteiger partial charge is 0.276 e. The third-order valence-corrected chi connectivity index (χ3v) is 3.41. The molecule has 22 heavy (non-hydrogen) atoms. The van der Waals surface area contributed by atoms with Gasteiger partial charge < -0.3 is 5.32 Å². The first-order chi connectivity index (χ1) is 10.7. The molecule has 3 aromatic rings. The van der Waals surface area contributed by atoms with Crippen LogP contribution in [0.1, 0.15) is 16.1 Å². The van der Waals surface area contributed by atoms with Crippen molar-refractivity contribution < 1.29 is 9.18 Å². The molecule has 4 rings (SSSR count). The Morgan fingerprint density at radius 2 is 2.14 bits per heavy atom. The zero-order valence-electron chi connectivity index (χ0n) is 11.2. The van der Waals surface area contributed by atoms with E-state index in [4.69, 9.17) is 0 Å². The topological polar surface area (TPSA) is 84.2 Å². The molecular formula is C15H9FN5O. The molecule has 2 N–H and O–H groups in total. The van der Waals surface area contributed by atoms with E-state index in [2.05, 4.69) is 26.0 Å². The van der Waals surface area contributed by atoms with Crippen LogP contribution >= 0.6 is 0 Å². The maximum atomic E-state index is 13.2. The molecule has 0 fully saturated rings. The number of carbonyl (C=O) groups is 1. The molecule has 0 bridgehead atoms. The van der Waals surface area contributed by atoms with Gasteiger partial charge in [0.15, 0.2) is 5.69 Å². The monoisotopic (exact) mass is 294 g/mol. The third-order valence-electron chi connectivity index (χ3n) is 3.41. The van der Waals surface area contributed by atoms with Crippen molar-refractivity contribution in [3.8, 4) is 0 Å². The van der Waals surface area contributed by atoms with Crippen LogP contribution in [0.15, 0.2) is 41.5 Å². The second kappa shape index (κ2) is 4.66. The Labute approximate surface area is 124 Å². The van der Waals surface area contributed by atoms with Gasteiger partial charge in [-0.3, -0.25) is 9.89 Å². The molecule has 7 heteroatoms. The summed E-state index contributed by atoms with van der Waals surface area (Å²) >= 11 is 0. The summed E-state index contributed by atoms with van der Waals surface area (Å²) in [5, 5.41) is 14.0. The molecule has 1 radical (unpaired) electrons. The first kappa shape index (κ1) is 12.5. The molecule has 0 atom stereocenters. The summed E-state index contributed by atoms with van der Waals surface area (Å²) in [5.74, 6) is -0.830. The predicted octanol–water partition coefficient (Wildman–Crippen LogP) is 2.54. The summed E-state index contributed by atoms with van der Waals surface area (Å²) in [6.07, 6.45) is 1.62. The number of halogens is 1. The molecule has 6 nitrogen and oxygen atoms in total. The maximum Gasteiger partial charge on any atom is 0.276 e. The Balaban J connectivity index is 1.72. The van der Waals surface area contributed by atoms with Gasteiger partial charge in [0.2, 0.25) is 0 Å². The number of nitrogens with one attached hydrogen (secondary N) is 2. The van der Waals surface area contributed by atoms with Crippen molar-refractivity contribution in [2.45, 2.75) is 0 Å². The fourth-order valence-electron chi connectivity index (χ4n) is 2.39. The van der Waals surface area contributed by atoms with Crippen LogP contribution in [-0.4, -0.2) is 22.3 Å². The molecule has 0 spiro atoms. The third kappa shape index (κ3) is 1.91. The number of nitrogens with zero attached hydrogens (tertiary/aromatic N) is 3. The highest BCUT2D eigenvalue weighted by molar-refractivity contribution is 6.14. The minimum atomic E-state index is -0.416. The van der Waals surface area contributed by atoms with Crippen LogP contribution < -0.4 is 10.7 Å². The van der Waals surface area contributed by atoms with Gasteiger partial charge in [-0.25, -0.2) is 4.39 Å². The average molecular weight is 294 g/mol. The number of carbonyl (C=O) groups excluding carboxylic acids is 1. The molecular weight excluding hydrogens is 285 g/mol. The highest BCUT2D eigenvalue weighted by atomic mass is 19.1. The van der Waals surface area contributed by atoms with Crippen LogP contribution in [0, 0.1) is 5.82 Å². The first-order valence-electron chi connectivity index (χ1n) is 6.54. The molecule has 1 amide bonds. The van der Waals surface area contributed by atoms with Gasteiger partial charge in [-0.15, -0.1) is 0 Å². The van der Waals surface area contributed by atoms with Crippen LogP contribution in [0.2, 0.25) is 0 Å². The van der Waals surface area contributed by atoms with E-state index >= 15 is 0 Å². The Kier molecular flexibility index (Phi) is 2.65. The molecule has 1 aliphatic heterocycles. The van der Waals surface area contributed by atoms with Crippen LogP contribution in [0.5, 0.6) is 0 Å². The lowest BCUT2D eigenvalue weighted by Crippen LogP contribution is -2.12. The number of hydrogen-bond donors (Lipinski definition) is 2. The highest BCUT2D eigenvalue weighted by Gasteiger charge is 2.19. The quantitative estimate of drug-likeness (QED) is 0.761. The molecule has 2 heterocycles. The number of fused-ring (bicyclic) bond motifs is 3. The molecule has 0 saturated carbocycles. The number of anilines is 1. The van der Waals surface area contributed by atoms with E-state index in [0.717, 1.165) is 11.3 Å². The molecule has 0 unspecified atom stereocenters. The van der Waals surface area contributed by atoms with Crippen molar-refractivity contribution in [3.05, 3.63) is 53.5 Å². The molecule has 2 aromatic carbocycles. The van der Waals surface area contributed by atoms with Gasteiger partial charge in [0.25, 0.3) is 5.91 Å². The van der Waals surface area contributed by atoms with E-state index in [-0.39, 0.29) is 5.69 Å². The summed E-state index contributed by atoms with van der Waals surface area (Å²) in [5.41, 5.74) is 6.80. The standard InChI is InChI=1S/C15H9FN5O/c16-8-2-1-3-9(6-8)18-15(22)14-10-4-5-12-11(7-17-19-12)13(10)20-21-14/h1-7H,(H,18,22)(H,20,21). The summed E-state index contributed by atoms with van der Waals surface area (Å²) < 4.78 is 13.2. The Morgan fingerprint density at radius 3 is 3.00 bits per heavy atom. The van der Waals surface area contributed by atoms with Crippen LogP contribution in [0.25, 0.3) is 10.9 Å². The van der Waals surface area contributed by atoms with Crippen molar-refractivity contribution >= 4 is 34.4 Å². The lowest BCUT2D eigenvalue weighted by molar-refractivity contribution is 0.102. The lowest BCUT2D eigenvalue weighted by Gasteiger charge is -2.03. The number of hydrogen-bond acceptors (Lipinski definition) is 3. The molecule has 0 aliphatic carbocycles. The van der Waals surface area contributed by atoms with Gasteiger partial charge in [-0.05, 0) is 30.3 Å². The van der Waals surface area contributed by atoms with Crippen LogP contribution in [0.3, 0.4) is 0 Å². The molecule has 0 saturated heterocycles. The van der Waals surface area contributed by atoms with Crippen molar-refractivity contribution in [2.24, 2.45) is 5.10 Å². The van der Waals surface area contributed by atoms with E-state index < -0.39 is 11.7 Å². The molecule has 1 aliphatic rings. The van der Waals surface area contributed by atoms with E-state index in [1.165, 1.54) is 18.2 Å². The largest absolute Gasteiger partial charge is 0.320 e. The number of aromatic nitrogens is 2. The van der Waals surface area contributed by atoms with E-state index in [9.17, 15) is 9.18 Å². The van der Waals surface area contributed by atoms with Gasteiger partial charge in [0.05, 0.1) is 17.4 Å². The zero-order chi connectivity index (χ0) is 15.1. The second-order valence-electron chi connectivity index (χ2n) is 4.80. The van der Waals surface area contributed by atoms with E-state index in [1.807, 2.05) is 0 Å². The van der Waals surface area contributed by atoms with Crippen molar-refractivity contribution in [1.82, 2.24) is 15.6 Å². The van der Waals surface area contributed by atoms with E-state index in [1.54, 1.807) is 24.4 Å². The predicted molar refractivity (Wildman–Crippen MR) is 79.8 cm³/mol. The summed E-state index contributed by atoms with van der Waals surface area (Å²) in [6, 6.07) is 9.23. The fourth-order valence-corrected chi connectivity index (χ4v) is 2.39. The summed E-state index contributed by atoms with van der Waals surface area (Å²) in [7, 11) is 0. The summed E-state index contributed by atoms with van der Waals surface area (Å²) in [4.78, 5) is 12.3. The summed E-state index contributed by atoms with van der Waals surface area (Å²) in [6.45, 7) is 0. The van der Waals surface area contributed by atoms with Gasteiger partial charge in [0, 0.05) is 16.6 Å². The minimum Gasteiger partial charge on any atom is -0.320 e. The Hall–Kier alpha value is -3.22. The molecule has 107 valence electrons. The van der Waals surface area contributed by atoms with Gasteiger partial charge in [-0.1, -0.05) is 6.07 Å². The Bertz CT molecular complexity index is 931. The van der Waals surface area contributed by atoms with Gasteiger partial charge >= 0.3 is 0 Å². The zero-order valence-corrected chi connectivity index (χ0v) is 11.2. The van der Waals surface area contributed by atoms with Crippen molar-refractivity contribution in [1.29, 1.82) is 0 Å². The number of amides is 1. The number of H-pyrrole nitrogens is 1. The first-order valence-corrected chi connectivity index (χ1v) is 6.54. The second-order valence-corrected chi connectivity index (χ2v) is 4.80. The number of benzene rings is 2. The highest BCUT2D eigenvalue weighted by Crippen LogP contribution is 2.28. The Morgan fingerprint density at radius 1 is 1.23 bits per heavy atom. The normalized spacial score (nSPS) is 12.2.